The summed E-state index contributed by atoms with van der Waals surface area (Å²) in [5, 5.41) is 7.51. The molecular weight excluding hydrogens is 462 g/mol. The Kier molecular flexibility index (Phi) is 8.75. The van der Waals surface area contributed by atoms with Crippen LogP contribution in [0.4, 0.5) is 0 Å². The maximum absolute atomic E-state index is 12.3. The first-order valence-electron chi connectivity index (χ1n) is 12.8. The third-order valence-electron chi connectivity index (χ3n) is 6.52. The second kappa shape index (κ2) is 12.4. The Hall–Kier alpha value is -3.90. The van der Waals surface area contributed by atoms with E-state index in [2.05, 4.69) is 59.5 Å². The van der Waals surface area contributed by atoms with Gasteiger partial charge in [0, 0.05) is 30.4 Å². The SMILES string of the molecule is COC(=O)c1ccc2c(c1)c(CNCCCNC(=O)Cc1ccc(C(C)C)cc1)cn2-c1ccccc1. The highest BCUT2D eigenvalue weighted by Gasteiger charge is 2.14. The average Bonchev–Trinajstić information content (AvgIpc) is 3.28. The van der Waals surface area contributed by atoms with E-state index >= 15 is 0 Å². The van der Waals surface area contributed by atoms with Crippen molar-refractivity contribution in [1.82, 2.24) is 15.2 Å². The van der Waals surface area contributed by atoms with Crippen molar-refractivity contribution in [2.75, 3.05) is 20.2 Å². The maximum Gasteiger partial charge on any atom is 0.337 e. The Morgan fingerprint density at radius 3 is 2.41 bits per heavy atom. The first kappa shape index (κ1) is 26.2. The molecule has 6 heteroatoms. The average molecular weight is 498 g/mol. The molecule has 0 unspecified atom stereocenters. The fraction of sp³-hybridized carbons (Fsp3) is 0.290. The zero-order chi connectivity index (χ0) is 26.2. The zero-order valence-corrected chi connectivity index (χ0v) is 21.8. The fourth-order valence-electron chi connectivity index (χ4n) is 4.42. The number of amides is 1. The van der Waals surface area contributed by atoms with Gasteiger partial charge in [0.2, 0.25) is 5.91 Å². The van der Waals surface area contributed by atoms with E-state index in [9.17, 15) is 9.59 Å². The number of carbonyl (C=O) groups is 2. The number of nitrogens with zero attached hydrogens (tertiary/aromatic N) is 1. The van der Waals surface area contributed by atoms with Crippen molar-refractivity contribution in [3.63, 3.8) is 0 Å². The Balaban J connectivity index is 1.32. The van der Waals surface area contributed by atoms with Gasteiger partial charge in [0.25, 0.3) is 0 Å². The number of para-hydroxylation sites is 1. The number of nitrogens with one attached hydrogen (secondary N) is 2. The molecule has 0 spiro atoms. The number of methoxy groups -OCH3 is 1. The molecule has 0 aliphatic carbocycles. The van der Waals surface area contributed by atoms with E-state index in [0.29, 0.717) is 31.0 Å². The predicted octanol–water partition coefficient (Wildman–Crippen LogP) is 5.38. The van der Waals surface area contributed by atoms with Gasteiger partial charge < -0.3 is 19.9 Å². The van der Waals surface area contributed by atoms with Gasteiger partial charge in [0.15, 0.2) is 0 Å². The summed E-state index contributed by atoms with van der Waals surface area (Å²) in [6.45, 7) is 6.36. The lowest BCUT2D eigenvalue weighted by molar-refractivity contribution is -0.120. The molecule has 6 nitrogen and oxygen atoms in total. The Morgan fingerprint density at radius 2 is 1.70 bits per heavy atom. The summed E-state index contributed by atoms with van der Waals surface area (Å²) < 4.78 is 7.06. The number of aromatic nitrogens is 1. The van der Waals surface area contributed by atoms with Gasteiger partial charge in [-0.1, -0.05) is 56.3 Å². The van der Waals surface area contributed by atoms with Gasteiger partial charge in [-0.3, -0.25) is 4.79 Å². The molecule has 192 valence electrons. The largest absolute Gasteiger partial charge is 0.465 e. The van der Waals surface area contributed by atoms with E-state index in [1.165, 1.54) is 12.7 Å². The number of esters is 1. The Bertz CT molecular complexity index is 1340. The smallest absolute Gasteiger partial charge is 0.337 e. The van der Waals surface area contributed by atoms with Gasteiger partial charge in [0.05, 0.1) is 24.6 Å². The standard InChI is InChI=1S/C31H35N3O3/c1-22(2)24-12-10-23(11-13-24)18-30(35)33-17-7-16-32-20-26-21-34(27-8-5-4-6-9-27)29-15-14-25(19-28(26)29)31(36)37-3/h4-6,8-15,19,21-22,32H,7,16-18,20H2,1-3H3,(H,33,35). The van der Waals surface area contributed by atoms with E-state index in [1.54, 1.807) is 6.07 Å². The monoisotopic (exact) mass is 497 g/mol. The highest BCUT2D eigenvalue weighted by Crippen LogP contribution is 2.26. The molecule has 0 saturated carbocycles. The summed E-state index contributed by atoms with van der Waals surface area (Å²) in [6, 6.07) is 24.1. The number of ether oxygens (including phenoxy) is 1. The molecule has 0 bridgehead atoms. The predicted molar refractivity (Wildman–Crippen MR) is 148 cm³/mol. The van der Waals surface area contributed by atoms with Crippen LogP contribution in [0.15, 0.2) is 79.0 Å². The van der Waals surface area contributed by atoms with E-state index < -0.39 is 0 Å². The van der Waals surface area contributed by atoms with Crippen molar-refractivity contribution in [3.8, 4) is 5.69 Å². The van der Waals surface area contributed by atoms with Gasteiger partial charge in [-0.25, -0.2) is 4.79 Å². The van der Waals surface area contributed by atoms with Crippen LogP contribution < -0.4 is 10.6 Å². The third kappa shape index (κ3) is 6.66. The minimum atomic E-state index is -0.347. The van der Waals surface area contributed by atoms with Crippen LogP contribution >= 0.6 is 0 Å². The van der Waals surface area contributed by atoms with Crippen LogP contribution in [-0.2, 0) is 22.5 Å². The molecule has 0 aliphatic rings. The van der Waals surface area contributed by atoms with Crippen LogP contribution in [0, 0.1) is 0 Å². The number of fused-ring (bicyclic) bond motifs is 1. The molecule has 37 heavy (non-hydrogen) atoms. The van der Waals surface area contributed by atoms with Gasteiger partial charge in [-0.05, 0) is 65.9 Å². The molecule has 4 aromatic rings. The third-order valence-corrected chi connectivity index (χ3v) is 6.52. The normalized spacial score (nSPS) is 11.1. The van der Waals surface area contributed by atoms with Crippen LogP contribution in [0.2, 0.25) is 0 Å². The molecule has 1 heterocycles. The summed E-state index contributed by atoms with van der Waals surface area (Å²) in [7, 11) is 1.39. The van der Waals surface area contributed by atoms with E-state index in [0.717, 1.165) is 40.7 Å². The number of hydrogen-bond donors (Lipinski definition) is 2. The molecule has 3 aromatic carbocycles. The summed E-state index contributed by atoms with van der Waals surface area (Å²) in [5.74, 6) is 0.179. The van der Waals surface area contributed by atoms with Crippen molar-refractivity contribution in [2.45, 2.75) is 39.2 Å². The van der Waals surface area contributed by atoms with E-state index in [1.807, 2.05) is 42.5 Å². The summed E-state index contributed by atoms with van der Waals surface area (Å²) >= 11 is 0. The number of rotatable bonds is 11. The molecule has 0 radical (unpaired) electrons. The topological polar surface area (TPSA) is 72.4 Å². The lowest BCUT2D eigenvalue weighted by atomic mass is 10.0. The lowest BCUT2D eigenvalue weighted by Gasteiger charge is -2.08. The minimum absolute atomic E-state index is 0.0403. The first-order chi connectivity index (χ1) is 18.0. The molecule has 0 aliphatic heterocycles. The highest BCUT2D eigenvalue weighted by atomic mass is 16.5. The molecule has 1 aromatic heterocycles. The highest BCUT2D eigenvalue weighted by molar-refractivity contribution is 5.96. The second-order valence-electron chi connectivity index (χ2n) is 9.54. The van der Waals surface area contributed by atoms with Crippen LogP contribution in [0.25, 0.3) is 16.6 Å². The molecule has 1 amide bonds. The number of benzene rings is 3. The first-order valence-corrected chi connectivity index (χ1v) is 12.8. The van der Waals surface area contributed by atoms with Crippen LogP contribution in [0.1, 0.15) is 53.2 Å². The van der Waals surface area contributed by atoms with Gasteiger partial charge in [-0.15, -0.1) is 0 Å². The molecular formula is C31H35N3O3. The Morgan fingerprint density at radius 1 is 0.946 bits per heavy atom. The van der Waals surface area contributed by atoms with E-state index in [4.69, 9.17) is 4.74 Å². The fourth-order valence-corrected chi connectivity index (χ4v) is 4.42. The van der Waals surface area contributed by atoms with Crippen molar-refractivity contribution >= 4 is 22.8 Å². The molecule has 0 atom stereocenters. The summed E-state index contributed by atoms with van der Waals surface area (Å²) in [5.41, 5.74) is 6.03. The molecule has 0 fully saturated rings. The summed E-state index contributed by atoms with van der Waals surface area (Å²) in [4.78, 5) is 24.4. The van der Waals surface area contributed by atoms with Crippen LogP contribution in [0.3, 0.4) is 0 Å². The zero-order valence-electron chi connectivity index (χ0n) is 21.8. The maximum atomic E-state index is 12.3. The van der Waals surface area contributed by atoms with Crippen molar-refractivity contribution in [3.05, 3.63) is 101 Å². The minimum Gasteiger partial charge on any atom is -0.465 e. The van der Waals surface area contributed by atoms with Crippen molar-refractivity contribution in [1.29, 1.82) is 0 Å². The quantitative estimate of drug-likeness (QED) is 0.216. The van der Waals surface area contributed by atoms with Crippen LogP contribution in [0.5, 0.6) is 0 Å². The number of hydrogen-bond acceptors (Lipinski definition) is 4. The summed E-state index contributed by atoms with van der Waals surface area (Å²) in [6.07, 6.45) is 3.33. The molecule has 2 N–H and O–H groups in total. The number of carbonyl (C=O) groups excluding carboxylic acids is 2. The van der Waals surface area contributed by atoms with E-state index in [-0.39, 0.29) is 11.9 Å². The van der Waals surface area contributed by atoms with Crippen molar-refractivity contribution in [2.24, 2.45) is 0 Å². The second-order valence-corrected chi connectivity index (χ2v) is 9.54. The van der Waals surface area contributed by atoms with Crippen molar-refractivity contribution < 1.29 is 14.3 Å². The lowest BCUT2D eigenvalue weighted by Crippen LogP contribution is -2.28. The van der Waals surface area contributed by atoms with Gasteiger partial charge >= 0.3 is 5.97 Å². The van der Waals surface area contributed by atoms with Gasteiger partial charge in [0.1, 0.15) is 0 Å². The molecule has 4 rings (SSSR count). The van der Waals surface area contributed by atoms with Gasteiger partial charge in [-0.2, -0.15) is 0 Å². The molecule has 0 saturated heterocycles. The Labute approximate surface area is 218 Å². The van der Waals surface area contributed by atoms with Crippen LogP contribution in [-0.4, -0.2) is 36.6 Å².